The number of ether oxygens (including phenoxy) is 1. The van der Waals surface area contributed by atoms with Crippen molar-refractivity contribution in [2.24, 2.45) is 0 Å². The van der Waals surface area contributed by atoms with Crippen LogP contribution in [0.5, 0.6) is 5.75 Å². The van der Waals surface area contributed by atoms with Gasteiger partial charge in [-0.3, -0.25) is 4.79 Å². The molecule has 21 heavy (non-hydrogen) atoms. The lowest BCUT2D eigenvalue weighted by Crippen LogP contribution is -2.20. The number of aliphatic hydroxyl groups is 1. The minimum Gasteiger partial charge on any atom is -0.483 e. The average molecular weight is 350 g/mol. The molecule has 0 aliphatic carbocycles. The number of benzene rings is 2. The Kier molecular flexibility index (Phi) is 5.36. The van der Waals surface area contributed by atoms with Gasteiger partial charge in [0.25, 0.3) is 5.91 Å². The van der Waals surface area contributed by atoms with Crippen LogP contribution in [0.2, 0.25) is 0 Å². The summed E-state index contributed by atoms with van der Waals surface area (Å²) in [6.45, 7) is 1.54. The van der Waals surface area contributed by atoms with E-state index >= 15 is 0 Å². The molecule has 5 heteroatoms. The van der Waals surface area contributed by atoms with Gasteiger partial charge in [0, 0.05) is 15.7 Å². The first-order chi connectivity index (χ1) is 10.1. The van der Waals surface area contributed by atoms with Gasteiger partial charge in [0.2, 0.25) is 0 Å². The van der Waals surface area contributed by atoms with E-state index < -0.39 is 6.10 Å². The van der Waals surface area contributed by atoms with Crippen LogP contribution >= 0.6 is 15.9 Å². The monoisotopic (exact) mass is 349 g/mol. The second kappa shape index (κ2) is 7.24. The van der Waals surface area contributed by atoms with Gasteiger partial charge in [-0.25, -0.2) is 0 Å². The molecule has 0 heterocycles. The second-order valence-corrected chi connectivity index (χ2v) is 5.48. The Balaban J connectivity index is 1.98. The highest BCUT2D eigenvalue weighted by Crippen LogP contribution is 2.28. The molecule has 1 atom stereocenters. The maximum atomic E-state index is 11.8. The SMILES string of the molecule is C[C@@H](O)c1cc(Br)ccc1OCC(=O)Nc1ccccc1. The maximum Gasteiger partial charge on any atom is 0.262 e. The fourth-order valence-electron chi connectivity index (χ4n) is 1.84. The second-order valence-electron chi connectivity index (χ2n) is 4.56. The van der Waals surface area contributed by atoms with E-state index in [-0.39, 0.29) is 12.5 Å². The number of para-hydroxylation sites is 1. The van der Waals surface area contributed by atoms with E-state index in [4.69, 9.17) is 4.74 Å². The summed E-state index contributed by atoms with van der Waals surface area (Å²) in [7, 11) is 0. The van der Waals surface area contributed by atoms with E-state index in [0.29, 0.717) is 11.3 Å². The molecule has 0 bridgehead atoms. The highest BCUT2D eigenvalue weighted by atomic mass is 79.9. The first-order valence-corrected chi connectivity index (χ1v) is 7.31. The number of carbonyl (C=O) groups excluding carboxylic acids is 1. The smallest absolute Gasteiger partial charge is 0.262 e. The van der Waals surface area contributed by atoms with Crippen molar-refractivity contribution < 1.29 is 14.6 Å². The number of halogens is 1. The van der Waals surface area contributed by atoms with E-state index in [2.05, 4.69) is 21.2 Å². The Labute approximate surface area is 131 Å². The van der Waals surface area contributed by atoms with Gasteiger partial charge in [-0.2, -0.15) is 0 Å². The van der Waals surface area contributed by atoms with Gasteiger partial charge in [0.05, 0.1) is 6.10 Å². The summed E-state index contributed by atoms with van der Waals surface area (Å²) in [6, 6.07) is 14.5. The maximum absolute atomic E-state index is 11.8. The fourth-order valence-corrected chi connectivity index (χ4v) is 2.22. The van der Waals surface area contributed by atoms with E-state index in [1.54, 1.807) is 37.3 Å². The summed E-state index contributed by atoms with van der Waals surface area (Å²) in [6.07, 6.45) is -0.672. The van der Waals surface area contributed by atoms with Gasteiger partial charge in [0.1, 0.15) is 5.75 Å². The highest BCUT2D eigenvalue weighted by molar-refractivity contribution is 9.10. The molecule has 0 aliphatic heterocycles. The van der Waals surface area contributed by atoms with Crippen LogP contribution in [0.1, 0.15) is 18.6 Å². The lowest BCUT2D eigenvalue weighted by Gasteiger charge is -2.14. The Bertz CT molecular complexity index is 614. The molecule has 0 saturated heterocycles. The van der Waals surface area contributed by atoms with Crippen LogP contribution in [0.4, 0.5) is 5.69 Å². The minimum absolute atomic E-state index is 0.115. The molecule has 0 aromatic heterocycles. The number of anilines is 1. The standard InChI is InChI=1S/C16H16BrNO3/c1-11(19)14-9-12(17)7-8-15(14)21-10-16(20)18-13-5-3-2-4-6-13/h2-9,11,19H,10H2,1H3,(H,18,20)/t11-/m1/s1. The summed E-state index contributed by atoms with van der Waals surface area (Å²) >= 11 is 3.34. The first-order valence-electron chi connectivity index (χ1n) is 6.51. The van der Waals surface area contributed by atoms with Crippen LogP contribution in [-0.2, 0) is 4.79 Å². The third kappa shape index (κ3) is 4.58. The van der Waals surface area contributed by atoms with Gasteiger partial charge < -0.3 is 15.2 Å². The lowest BCUT2D eigenvalue weighted by molar-refractivity contribution is -0.118. The Morgan fingerprint density at radius 3 is 2.67 bits per heavy atom. The van der Waals surface area contributed by atoms with Crippen LogP contribution in [0, 0.1) is 0 Å². The molecule has 110 valence electrons. The van der Waals surface area contributed by atoms with Gasteiger partial charge in [-0.15, -0.1) is 0 Å². The molecule has 0 fully saturated rings. The number of aliphatic hydroxyl groups excluding tert-OH is 1. The van der Waals surface area contributed by atoms with E-state index in [0.717, 1.165) is 10.2 Å². The van der Waals surface area contributed by atoms with Crippen molar-refractivity contribution in [3.8, 4) is 5.75 Å². The van der Waals surface area contributed by atoms with Gasteiger partial charge in [-0.05, 0) is 37.3 Å². The van der Waals surface area contributed by atoms with Crippen molar-refractivity contribution in [3.63, 3.8) is 0 Å². The molecular weight excluding hydrogens is 334 g/mol. The zero-order valence-corrected chi connectivity index (χ0v) is 13.1. The molecule has 0 aliphatic rings. The summed E-state index contributed by atoms with van der Waals surface area (Å²) in [4.78, 5) is 11.8. The van der Waals surface area contributed by atoms with Gasteiger partial charge in [-0.1, -0.05) is 34.1 Å². The van der Waals surface area contributed by atoms with E-state index in [1.165, 1.54) is 0 Å². The van der Waals surface area contributed by atoms with Crippen molar-refractivity contribution >= 4 is 27.5 Å². The van der Waals surface area contributed by atoms with Gasteiger partial charge in [0.15, 0.2) is 6.61 Å². The molecule has 4 nitrogen and oxygen atoms in total. The van der Waals surface area contributed by atoms with Crippen LogP contribution in [0.15, 0.2) is 53.0 Å². The molecule has 0 spiro atoms. The quantitative estimate of drug-likeness (QED) is 0.868. The number of amides is 1. The molecule has 2 N–H and O–H groups in total. The van der Waals surface area contributed by atoms with Crippen molar-refractivity contribution in [3.05, 3.63) is 58.6 Å². The summed E-state index contributed by atoms with van der Waals surface area (Å²) in [5.74, 6) is 0.247. The van der Waals surface area contributed by atoms with Crippen molar-refractivity contribution in [1.29, 1.82) is 0 Å². The Hall–Kier alpha value is -1.85. The largest absolute Gasteiger partial charge is 0.483 e. The zero-order valence-electron chi connectivity index (χ0n) is 11.5. The molecule has 1 amide bonds. The Morgan fingerprint density at radius 1 is 1.29 bits per heavy atom. The van der Waals surface area contributed by atoms with Crippen LogP contribution in [-0.4, -0.2) is 17.6 Å². The lowest BCUT2D eigenvalue weighted by atomic mass is 10.1. The average Bonchev–Trinajstić information content (AvgIpc) is 2.47. The fraction of sp³-hybridized carbons (Fsp3) is 0.188. The summed E-state index contributed by atoms with van der Waals surface area (Å²) < 4.78 is 6.34. The number of nitrogens with one attached hydrogen (secondary N) is 1. The van der Waals surface area contributed by atoms with Crippen molar-refractivity contribution in [2.75, 3.05) is 11.9 Å². The van der Waals surface area contributed by atoms with Crippen molar-refractivity contribution in [2.45, 2.75) is 13.0 Å². The number of rotatable bonds is 5. The minimum atomic E-state index is -0.672. The number of hydrogen-bond acceptors (Lipinski definition) is 3. The molecule has 2 rings (SSSR count). The number of hydrogen-bond donors (Lipinski definition) is 2. The summed E-state index contributed by atoms with van der Waals surface area (Å²) in [5.41, 5.74) is 1.36. The van der Waals surface area contributed by atoms with Crippen LogP contribution < -0.4 is 10.1 Å². The molecule has 0 unspecified atom stereocenters. The molecule has 2 aromatic rings. The van der Waals surface area contributed by atoms with E-state index in [9.17, 15) is 9.90 Å². The first kappa shape index (κ1) is 15.5. The third-order valence-electron chi connectivity index (χ3n) is 2.84. The Morgan fingerprint density at radius 2 is 2.00 bits per heavy atom. The van der Waals surface area contributed by atoms with Crippen molar-refractivity contribution in [1.82, 2.24) is 0 Å². The van der Waals surface area contributed by atoms with Crippen LogP contribution in [0.25, 0.3) is 0 Å². The number of carbonyl (C=O) groups is 1. The van der Waals surface area contributed by atoms with Gasteiger partial charge >= 0.3 is 0 Å². The predicted octanol–water partition coefficient (Wildman–Crippen LogP) is 3.52. The molecular formula is C16H16BrNO3. The van der Waals surface area contributed by atoms with E-state index in [1.807, 2.05) is 18.2 Å². The molecule has 0 radical (unpaired) electrons. The third-order valence-corrected chi connectivity index (χ3v) is 3.33. The zero-order chi connectivity index (χ0) is 15.2. The highest BCUT2D eigenvalue weighted by Gasteiger charge is 2.11. The van der Waals surface area contributed by atoms with Crippen LogP contribution in [0.3, 0.4) is 0 Å². The predicted molar refractivity (Wildman–Crippen MR) is 85.3 cm³/mol. The topological polar surface area (TPSA) is 58.6 Å². The summed E-state index contributed by atoms with van der Waals surface area (Å²) in [5, 5.41) is 12.5. The molecule has 0 saturated carbocycles. The molecule has 2 aromatic carbocycles. The normalized spacial score (nSPS) is 11.8.